The predicted molar refractivity (Wildman–Crippen MR) is 105 cm³/mol. The van der Waals surface area contributed by atoms with Crippen molar-refractivity contribution in [1.29, 1.82) is 0 Å². The van der Waals surface area contributed by atoms with Crippen LogP contribution in [0.2, 0.25) is 0 Å². The number of nitrogens with one attached hydrogen (secondary N) is 1. The molecule has 1 aliphatic carbocycles. The van der Waals surface area contributed by atoms with Crippen LogP contribution in [0.25, 0.3) is 0 Å². The molecular weight excluding hydrogens is 387 g/mol. The van der Waals surface area contributed by atoms with Gasteiger partial charge in [0.2, 0.25) is 0 Å². The monoisotopic (exact) mass is 418 g/mol. The van der Waals surface area contributed by atoms with E-state index in [0.29, 0.717) is 0 Å². The zero-order valence-corrected chi connectivity index (χ0v) is 16.7. The molecule has 1 aliphatic rings. The van der Waals surface area contributed by atoms with E-state index in [4.69, 9.17) is 0 Å². The van der Waals surface area contributed by atoms with E-state index in [2.05, 4.69) is 59.3 Å². The largest absolute Gasteiger partial charge is 0.357 e. The van der Waals surface area contributed by atoms with Gasteiger partial charge in [0, 0.05) is 46.6 Å². The fraction of sp³-hybridized carbons (Fsp3) is 0.706. The molecule has 0 amide bonds. The SMILES string of the molecule is CN=C(NCc1ccn(C)c1)N(C)CC1CCC(C)CC1.I. The summed E-state index contributed by atoms with van der Waals surface area (Å²) < 4.78 is 2.08. The molecule has 0 atom stereocenters. The lowest BCUT2D eigenvalue weighted by Gasteiger charge is -2.31. The Bertz CT molecular complexity index is 461. The number of hydrogen-bond acceptors (Lipinski definition) is 1. The van der Waals surface area contributed by atoms with Gasteiger partial charge < -0.3 is 14.8 Å². The normalized spacial score (nSPS) is 22.1. The van der Waals surface area contributed by atoms with Crippen molar-refractivity contribution < 1.29 is 0 Å². The quantitative estimate of drug-likeness (QED) is 0.462. The van der Waals surface area contributed by atoms with Crippen LogP contribution in [0.5, 0.6) is 0 Å². The van der Waals surface area contributed by atoms with E-state index < -0.39 is 0 Å². The standard InChI is InChI=1S/C17H30N4.HI/c1-14-5-7-15(8-6-14)13-21(4)17(18-2)19-11-16-9-10-20(3)12-16;/h9-10,12,14-15H,5-8,11,13H2,1-4H3,(H,18,19);1H. The second-order valence-corrected chi connectivity index (χ2v) is 6.59. The molecule has 22 heavy (non-hydrogen) atoms. The lowest BCUT2D eigenvalue weighted by atomic mass is 9.83. The van der Waals surface area contributed by atoms with E-state index in [1.807, 2.05) is 7.05 Å². The highest BCUT2D eigenvalue weighted by molar-refractivity contribution is 14.0. The minimum Gasteiger partial charge on any atom is -0.357 e. The van der Waals surface area contributed by atoms with Gasteiger partial charge in [0.25, 0.3) is 0 Å². The zero-order valence-electron chi connectivity index (χ0n) is 14.4. The summed E-state index contributed by atoms with van der Waals surface area (Å²) in [6.07, 6.45) is 9.71. The molecule has 1 saturated carbocycles. The van der Waals surface area contributed by atoms with E-state index in [-0.39, 0.29) is 24.0 Å². The molecule has 2 rings (SSSR count). The molecule has 0 spiro atoms. The van der Waals surface area contributed by atoms with Crippen LogP contribution in [0, 0.1) is 11.8 Å². The molecule has 0 bridgehead atoms. The van der Waals surface area contributed by atoms with Crippen molar-refractivity contribution in [2.45, 2.75) is 39.2 Å². The molecule has 0 saturated heterocycles. The highest BCUT2D eigenvalue weighted by Gasteiger charge is 2.20. The van der Waals surface area contributed by atoms with Gasteiger partial charge in [-0.3, -0.25) is 4.99 Å². The van der Waals surface area contributed by atoms with Crippen LogP contribution < -0.4 is 5.32 Å². The van der Waals surface area contributed by atoms with E-state index in [1.54, 1.807) is 0 Å². The van der Waals surface area contributed by atoms with Crippen LogP contribution in [0.4, 0.5) is 0 Å². The van der Waals surface area contributed by atoms with E-state index >= 15 is 0 Å². The van der Waals surface area contributed by atoms with Crippen molar-refractivity contribution in [3.05, 3.63) is 24.0 Å². The Hall–Kier alpha value is -0.720. The van der Waals surface area contributed by atoms with E-state index in [9.17, 15) is 0 Å². The summed E-state index contributed by atoms with van der Waals surface area (Å²) in [5, 5.41) is 3.46. The van der Waals surface area contributed by atoms with Gasteiger partial charge in [0.15, 0.2) is 5.96 Å². The van der Waals surface area contributed by atoms with E-state index in [0.717, 1.165) is 30.9 Å². The third kappa shape index (κ3) is 5.82. The third-order valence-corrected chi connectivity index (χ3v) is 4.58. The molecule has 1 fully saturated rings. The van der Waals surface area contributed by atoms with Crippen molar-refractivity contribution >= 4 is 29.9 Å². The first-order valence-electron chi connectivity index (χ1n) is 8.11. The van der Waals surface area contributed by atoms with Gasteiger partial charge in [-0.2, -0.15) is 0 Å². The average Bonchev–Trinajstić information content (AvgIpc) is 2.88. The van der Waals surface area contributed by atoms with Gasteiger partial charge in [0.1, 0.15) is 0 Å². The van der Waals surface area contributed by atoms with Gasteiger partial charge >= 0.3 is 0 Å². The maximum Gasteiger partial charge on any atom is 0.193 e. The maximum atomic E-state index is 4.41. The lowest BCUT2D eigenvalue weighted by molar-refractivity contribution is 0.250. The molecule has 5 heteroatoms. The minimum absolute atomic E-state index is 0. The van der Waals surface area contributed by atoms with Crippen LogP contribution in [0.3, 0.4) is 0 Å². The summed E-state index contributed by atoms with van der Waals surface area (Å²) in [6.45, 7) is 4.32. The van der Waals surface area contributed by atoms with Gasteiger partial charge in [-0.15, -0.1) is 24.0 Å². The average molecular weight is 418 g/mol. The molecule has 0 aliphatic heterocycles. The molecule has 0 radical (unpaired) electrons. The number of aliphatic imine (C=N–C) groups is 1. The molecule has 0 unspecified atom stereocenters. The molecule has 1 N–H and O–H groups in total. The van der Waals surface area contributed by atoms with Gasteiger partial charge in [-0.05, 0) is 36.3 Å². The van der Waals surface area contributed by atoms with Crippen LogP contribution >= 0.6 is 24.0 Å². The molecule has 0 aromatic carbocycles. The first kappa shape index (κ1) is 19.3. The topological polar surface area (TPSA) is 32.6 Å². The van der Waals surface area contributed by atoms with Crippen molar-refractivity contribution in [3.8, 4) is 0 Å². The van der Waals surface area contributed by atoms with Crippen molar-refractivity contribution in [3.63, 3.8) is 0 Å². The van der Waals surface area contributed by atoms with Crippen molar-refractivity contribution in [2.24, 2.45) is 23.9 Å². The fourth-order valence-corrected chi connectivity index (χ4v) is 3.22. The number of aromatic nitrogens is 1. The van der Waals surface area contributed by atoms with Crippen LogP contribution in [-0.2, 0) is 13.6 Å². The zero-order chi connectivity index (χ0) is 15.2. The summed E-state index contributed by atoms with van der Waals surface area (Å²) in [5.41, 5.74) is 1.29. The second kappa shape index (κ2) is 9.43. The number of hydrogen-bond donors (Lipinski definition) is 1. The number of guanidine groups is 1. The fourth-order valence-electron chi connectivity index (χ4n) is 3.22. The smallest absolute Gasteiger partial charge is 0.193 e. The third-order valence-electron chi connectivity index (χ3n) is 4.58. The maximum absolute atomic E-state index is 4.41. The van der Waals surface area contributed by atoms with Crippen LogP contribution in [0.15, 0.2) is 23.5 Å². The number of halogens is 1. The lowest BCUT2D eigenvalue weighted by Crippen LogP contribution is -2.41. The van der Waals surface area contributed by atoms with Crippen LogP contribution in [-0.4, -0.2) is 36.1 Å². The highest BCUT2D eigenvalue weighted by Crippen LogP contribution is 2.28. The molecular formula is C17H31IN4. The predicted octanol–water partition coefficient (Wildman–Crippen LogP) is 3.48. The Balaban J connectivity index is 0.00000242. The summed E-state index contributed by atoms with van der Waals surface area (Å²) in [7, 11) is 6.07. The van der Waals surface area contributed by atoms with Crippen molar-refractivity contribution in [1.82, 2.24) is 14.8 Å². The number of nitrogens with zero attached hydrogens (tertiary/aromatic N) is 3. The summed E-state index contributed by atoms with van der Waals surface area (Å²) in [5.74, 6) is 2.74. The Morgan fingerprint density at radius 3 is 2.59 bits per heavy atom. The van der Waals surface area contributed by atoms with Crippen molar-refractivity contribution in [2.75, 3.05) is 20.6 Å². The second-order valence-electron chi connectivity index (χ2n) is 6.59. The Morgan fingerprint density at radius 1 is 1.36 bits per heavy atom. The summed E-state index contributed by atoms with van der Waals surface area (Å²) in [4.78, 5) is 6.70. The van der Waals surface area contributed by atoms with Gasteiger partial charge in [-0.25, -0.2) is 0 Å². The molecule has 1 aromatic heterocycles. The molecule has 4 nitrogen and oxygen atoms in total. The summed E-state index contributed by atoms with van der Waals surface area (Å²) in [6, 6.07) is 2.14. The number of rotatable bonds is 4. The number of aryl methyl sites for hydroxylation is 1. The van der Waals surface area contributed by atoms with E-state index in [1.165, 1.54) is 31.2 Å². The molecule has 126 valence electrons. The highest BCUT2D eigenvalue weighted by atomic mass is 127. The van der Waals surface area contributed by atoms with Gasteiger partial charge in [0.05, 0.1) is 0 Å². The van der Waals surface area contributed by atoms with Gasteiger partial charge in [-0.1, -0.05) is 19.8 Å². The van der Waals surface area contributed by atoms with Crippen LogP contribution in [0.1, 0.15) is 38.2 Å². The molecule has 1 heterocycles. The first-order chi connectivity index (χ1) is 10.1. The Morgan fingerprint density at radius 2 is 2.05 bits per heavy atom. The summed E-state index contributed by atoms with van der Waals surface area (Å²) >= 11 is 0. The Kier molecular flexibility index (Phi) is 8.28. The Labute approximate surface area is 152 Å². The molecule has 1 aromatic rings. The minimum atomic E-state index is 0. The first-order valence-corrected chi connectivity index (χ1v) is 8.11.